The minimum absolute atomic E-state index is 0.403. The van der Waals surface area contributed by atoms with Crippen LogP contribution in [0.2, 0.25) is 5.02 Å². The first-order chi connectivity index (χ1) is 9.63. The average molecular weight is 288 g/mol. The third-order valence-corrected chi connectivity index (χ3v) is 3.63. The number of aryl methyl sites for hydroxylation is 1. The first kappa shape index (κ1) is 13.2. The van der Waals surface area contributed by atoms with Crippen molar-refractivity contribution < 1.29 is 9.52 Å². The van der Waals surface area contributed by atoms with Crippen molar-refractivity contribution in [3.05, 3.63) is 64.6 Å². The summed E-state index contributed by atoms with van der Waals surface area (Å²) in [6, 6.07) is 9.62. The monoisotopic (exact) mass is 287 g/mol. The van der Waals surface area contributed by atoms with Crippen molar-refractivity contribution in [1.82, 2.24) is 4.98 Å². The van der Waals surface area contributed by atoms with E-state index in [1.165, 1.54) is 0 Å². The topological polar surface area (TPSA) is 46.3 Å². The summed E-state index contributed by atoms with van der Waals surface area (Å²) in [5, 5.41) is 11.8. The average Bonchev–Trinajstić information content (AvgIpc) is 2.84. The Bertz CT molecular complexity index is 751. The van der Waals surface area contributed by atoms with Gasteiger partial charge in [0.2, 0.25) is 0 Å². The van der Waals surface area contributed by atoms with E-state index in [1.807, 2.05) is 31.2 Å². The van der Waals surface area contributed by atoms with Gasteiger partial charge in [0.05, 0.1) is 5.02 Å². The van der Waals surface area contributed by atoms with Crippen LogP contribution in [0.1, 0.15) is 23.0 Å². The number of aliphatic hydroxyl groups excluding tert-OH is 1. The summed E-state index contributed by atoms with van der Waals surface area (Å²) in [4.78, 5) is 3.93. The van der Waals surface area contributed by atoms with Crippen molar-refractivity contribution in [2.45, 2.75) is 19.4 Å². The quantitative estimate of drug-likeness (QED) is 0.790. The van der Waals surface area contributed by atoms with Crippen LogP contribution in [0.25, 0.3) is 11.0 Å². The van der Waals surface area contributed by atoms with Crippen molar-refractivity contribution in [3.8, 4) is 0 Å². The highest BCUT2D eigenvalue weighted by atomic mass is 35.5. The third-order valence-electron chi connectivity index (χ3n) is 3.29. The van der Waals surface area contributed by atoms with Gasteiger partial charge in [0.1, 0.15) is 17.4 Å². The molecule has 3 nitrogen and oxygen atoms in total. The maximum Gasteiger partial charge on any atom is 0.134 e. The predicted molar refractivity (Wildman–Crippen MR) is 78.9 cm³/mol. The summed E-state index contributed by atoms with van der Waals surface area (Å²) < 4.78 is 5.69. The van der Waals surface area contributed by atoms with E-state index in [9.17, 15) is 5.11 Å². The molecule has 102 valence electrons. The second kappa shape index (κ2) is 5.27. The number of pyridine rings is 1. The minimum atomic E-state index is -0.720. The van der Waals surface area contributed by atoms with Gasteiger partial charge in [-0.1, -0.05) is 23.2 Å². The van der Waals surface area contributed by atoms with Gasteiger partial charge >= 0.3 is 0 Å². The van der Waals surface area contributed by atoms with E-state index < -0.39 is 6.10 Å². The van der Waals surface area contributed by atoms with Gasteiger partial charge in [0.25, 0.3) is 0 Å². The molecule has 0 amide bonds. The fourth-order valence-electron chi connectivity index (χ4n) is 2.23. The van der Waals surface area contributed by atoms with Gasteiger partial charge in [-0.2, -0.15) is 0 Å². The molecule has 0 fully saturated rings. The Morgan fingerprint density at radius 1 is 1.30 bits per heavy atom. The van der Waals surface area contributed by atoms with Crippen LogP contribution in [0.3, 0.4) is 0 Å². The smallest absolute Gasteiger partial charge is 0.134 e. The van der Waals surface area contributed by atoms with E-state index in [4.69, 9.17) is 16.0 Å². The summed E-state index contributed by atoms with van der Waals surface area (Å²) in [5.74, 6) is 0.554. The summed E-state index contributed by atoms with van der Waals surface area (Å²) in [6.07, 6.45) is 2.92. The zero-order valence-corrected chi connectivity index (χ0v) is 11.8. The van der Waals surface area contributed by atoms with Crippen molar-refractivity contribution in [3.63, 3.8) is 0 Å². The standard InChI is InChI=1S/C16H14ClNO2/c1-10-2-3-15-12(6-10)8-16(20-15)14(19)7-11-4-5-18-9-13(11)17/h2-6,8-9,14,19H,7H2,1H3. The molecule has 0 aliphatic heterocycles. The van der Waals surface area contributed by atoms with Crippen molar-refractivity contribution >= 4 is 22.6 Å². The first-order valence-electron chi connectivity index (χ1n) is 6.40. The van der Waals surface area contributed by atoms with Crippen LogP contribution in [0, 0.1) is 6.92 Å². The van der Waals surface area contributed by atoms with Gasteiger partial charge in [-0.15, -0.1) is 0 Å². The van der Waals surface area contributed by atoms with Crippen LogP contribution in [0.4, 0.5) is 0 Å². The molecule has 0 bridgehead atoms. The SMILES string of the molecule is Cc1ccc2oc(C(O)Cc3ccncc3Cl)cc2c1. The molecule has 20 heavy (non-hydrogen) atoms. The summed E-state index contributed by atoms with van der Waals surface area (Å²) in [6.45, 7) is 2.03. The molecule has 0 radical (unpaired) electrons. The molecule has 1 N–H and O–H groups in total. The van der Waals surface area contributed by atoms with E-state index in [0.717, 1.165) is 22.1 Å². The van der Waals surface area contributed by atoms with Crippen molar-refractivity contribution in [1.29, 1.82) is 0 Å². The zero-order valence-electron chi connectivity index (χ0n) is 11.0. The molecule has 1 unspecified atom stereocenters. The lowest BCUT2D eigenvalue weighted by atomic mass is 10.1. The Kier molecular flexibility index (Phi) is 3.47. The fraction of sp³-hybridized carbons (Fsp3) is 0.188. The van der Waals surface area contributed by atoms with Gasteiger partial charge in [0, 0.05) is 24.2 Å². The van der Waals surface area contributed by atoms with E-state index in [-0.39, 0.29) is 0 Å². The zero-order chi connectivity index (χ0) is 14.1. The Labute approximate surface area is 121 Å². The van der Waals surface area contributed by atoms with Crippen LogP contribution in [-0.4, -0.2) is 10.1 Å². The highest BCUT2D eigenvalue weighted by Gasteiger charge is 2.15. The number of fused-ring (bicyclic) bond motifs is 1. The molecule has 0 aliphatic carbocycles. The molecule has 1 atom stereocenters. The number of furan rings is 1. The molecule has 0 aliphatic rings. The number of aliphatic hydroxyl groups is 1. The van der Waals surface area contributed by atoms with Crippen molar-refractivity contribution in [2.75, 3.05) is 0 Å². The molecular formula is C16H14ClNO2. The molecule has 0 spiro atoms. The van der Waals surface area contributed by atoms with Crippen LogP contribution in [0.5, 0.6) is 0 Å². The summed E-state index contributed by atoms with van der Waals surface area (Å²) >= 11 is 6.05. The van der Waals surface area contributed by atoms with Gasteiger partial charge in [-0.3, -0.25) is 4.98 Å². The third kappa shape index (κ3) is 2.55. The highest BCUT2D eigenvalue weighted by Crippen LogP contribution is 2.28. The summed E-state index contributed by atoms with van der Waals surface area (Å²) in [5.41, 5.74) is 2.80. The second-order valence-electron chi connectivity index (χ2n) is 4.88. The Morgan fingerprint density at radius 3 is 2.95 bits per heavy atom. The van der Waals surface area contributed by atoms with Crippen LogP contribution in [-0.2, 0) is 6.42 Å². The Morgan fingerprint density at radius 2 is 2.15 bits per heavy atom. The molecule has 3 aromatic rings. The van der Waals surface area contributed by atoms with E-state index in [1.54, 1.807) is 18.5 Å². The van der Waals surface area contributed by atoms with E-state index in [2.05, 4.69) is 4.98 Å². The maximum atomic E-state index is 10.3. The lowest BCUT2D eigenvalue weighted by Gasteiger charge is -2.08. The number of hydrogen-bond acceptors (Lipinski definition) is 3. The molecule has 2 aromatic heterocycles. The number of hydrogen-bond donors (Lipinski definition) is 1. The normalized spacial score (nSPS) is 12.8. The fourth-order valence-corrected chi connectivity index (χ4v) is 2.42. The molecule has 1 aromatic carbocycles. The Hall–Kier alpha value is -1.84. The van der Waals surface area contributed by atoms with Crippen molar-refractivity contribution in [2.24, 2.45) is 0 Å². The Balaban J connectivity index is 1.89. The molecule has 3 rings (SSSR count). The van der Waals surface area contributed by atoms with Crippen LogP contribution < -0.4 is 0 Å². The molecule has 2 heterocycles. The second-order valence-corrected chi connectivity index (χ2v) is 5.28. The number of aromatic nitrogens is 1. The van der Waals surface area contributed by atoms with E-state index in [0.29, 0.717) is 17.2 Å². The van der Waals surface area contributed by atoms with Gasteiger partial charge < -0.3 is 9.52 Å². The lowest BCUT2D eigenvalue weighted by Crippen LogP contribution is -2.01. The largest absolute Gasteiger partial charge is 0.458 e. The molecule has 4 heteroatoms. The van der Waals surface area contributed by atoms with Gasteiger partial charge in [-0.25, -0.2) is 0 Å². The van der Waals surface area contributed by atoms with Crippen LogP contribution >= 0.6 is 11.6 Å². The number of rotatable bonds is 3. The van der Waals surface area contributed by atoms with Crippen LogP contribution in [0.15, 0.2) is 47.1 Å². The summed E-state index contributed by atoms with van der Waals surface area (Å²) in [7, 11) is 0. The first-order valence-corrected chi connectivity index (χ1v) is 6.78. The minimum Gasteiger partial charge on any atom is -0.458 e. The molecule has 0 saturated heterocycles. The van der Waals surface area contributed by atoms with Gasteiger partial charge in [0.15, 0.2) is 0 Å². The number of nitrogens with zero attached hydrogens (tertiary/aromatic N) is 1. The number of halogens is 1. The predicted octanol–water partition coefficient (Wildman–Crippen LogP) is 4.07. The number of benzene rings is 1. The maximum absolute atomic E-state index is 10.3. The van der Waals surface area contributed by atoms with Gasteiger partial charge in [-0.05, 0) is 36.8 Å². The van der Waals surface area contributed by atoms with E-state index >= 15 is 0 Å². The lowest BCUT2D eigenvalue weighted by molar-refractivity contribution is 0.152. The highest BCUT2D eigenvalue weighted by molar-refractivity contribution is 6.31. The molecule has 0 saturated carbocycles. The molecular weight excluding hydrogens is 274 g/mol.